The molecule has 2 aromatic carbocycles. The van der Waals surface area contributed by atoms with Crippen molar-refractivity contribution in [3.8, 4) is 0 Å². The van der Waals surface area contributed by atoms with Gasteiger partial charge in [0.15, 0.2) is 5.17 Å². The number of pyridine rings is 1. The molecule has 0 saturated heterocycles. The first kappa shape index (κ1) is 21.8. The minimum absolute atomic E-state index is 0.0139. The first-order chi connectivity index (χ1) is 15.3. The van der Waals surface area contributed by atoms with Crippen molar-refractivity contribution in [2.24, 2.45) is 4.40 Å². The average Bonchev–Trinajstić information content (AvgIpc) is 2.76. The number of thioether (sulfide) groups is 1. The fraction of sp³-hybridized carbons (Fsp3) is 0. The number of benzene rings is 2. The molecule has 0 unspecified atom stereocenters. The van der Waals surface area contributed by atoms with E-state index in [0.717, 1.165) is 28.7 Å². The third-order valence-corrected chi connectivity index (χ3v) is 7.02. The van der Waals surface area contributed by atoms with Crippen molar-refractivity contribution in [2.75, 3.05) is 5.32 Å². The van der Waals surface area contributed by atoms with Crippen LogP contribution < -0.4 is 21.6 Å². The van der Waals surface area contributed by atoms with Crippen molar-refractivity contribution in [3.63, 3.8) is 0 Å². The van der Waals surface area contributed by atoms with Crippen LogP contribution in [0.2, 0.25) is 5.02 Å². The van der Waals surface area contributed by atoms with Crippen molar-refractivity contribution in [3.05, 3.63) is 59.2 Å². The second kappa shape index (κ2) is 8.63. The highest BCUT2D eigenvalue weighted by molar-refractivity contribution is 8.15. The largest absolute Gasteiger partial charge is 0.357 e. The zero-order valence-electron chi connectivity index (χ0n) is 15.8. The summed E-state index contributed by atoms with van der Waals surface area (Å²) in [5, 5.41) is 11.8. The summed E-state index contributed by atoms with van der Waals surface area (Å²) in [6.45, 7) is 0. The molecule has 2 heterocycles. The van der Waals surface area contributed by atoms with E-state index in [0.29, 0.717) is 5.69 Å². The Morgan fingerprint density at radius 2 is 1.91 bits per heavy atom. The second-order valence-electron chi connectivity index (χ2n) is 6.31. The maximum atomic E-state index is 12.8. The molecule has 0 saturated carbocycles. The van der Waals surface area contributed by atoms with E-state index in [2.05, 4.69) is 20.1 Å². The number of carbonyl (C=O) groups is 2. The zero-order chi connectivity index (χ0) is 22.9. The number of halogens is 1. The topological polar surface area (TPSA) is 162 Å². The lowest BCUT2D eigenvalue weighted by atomic mass is 10.2. The summed E-state index contributed by atoms with van der Waals surface area (Å²) < 4.78 is 28.7. The lowest BCUT2D eigenvalue weighted by Gasteiger charge is -2.18. The minimum Gasteiger partial charge on any atom is -0.321 e. The summed E-state index contributed by atoms with van der Waals surface area (Å²) in [6, 6.07) is 10.5. The van der Waals surface area contributed by atoms with Gasteiger partial charge < -0.3 is 5.32 Å². The first-order valence-electron chi connectivity index (χ1n) is 8.75. The molecule has 5 N–H and O–H groups in total. The first-order valence-corrected chi connectivity index (χ1v) is 11.4. The number of anilines is 1. The van der Waals surface area contributed by atoms with Crippen molar-refractivity contribution >= 4 is 67.1 Å². The molecule has 0 fully saturated rings. The highest BCUT2D eigenvalue weighted by Gasteiger charge is 2.29. The molecule has 3 amide bonds. The van der Waals surface area contributed by atoms with E-state index >= 15 is 0 Å². The standard InChI is InChI=1S/C18H13ClN6O5S2/c19-12-7-14-15(32(29,30)25-18(31-14)23-22-17(27)24-28)6-11(12)16(26)21-10-5-9-3-1-2-4-13(9)20-8-10/h1-8,28H,(H,21,26)(H,23,25)(H2,22,24,27). The van der Waals surface area contributed by atoms with Gasteiger partial charge in [-0.05, 0) is 36.0 Å². The molecule has 1 aromatic heterocycles. The van der Waals surface area contributed by atoms with E-state index in [1.165, 1.54) is 17.7 Å². The van der Waals surface area contributed by atoms with Gasteiger partial charge >= 0.3 is 6.03 Å². The molecule has 0 spiro atoms. The maximum Gasteiger partial charge on any atom is 0.357 e. The molecule has 14 heteroatoms. The van der Waals surface area contributed by atoms with Gasteiger partial charge in [-0.3, -0.25) is 20.4 Å². The van der Waals surface area contributed by atoms with Gasteiger partial charge in [0, 0.05) is 10.3 Å². The van der Waals surface area contributed by atoms with E-state index in [1.807, 2.05) is 29.7 Å². The lowest BCUT2D eigenvalue weighted by molar-refractivity contribution is 0.102. The normalized spacial score (nSPS) is 14.1. The molecule has 0 aliphatic carbocycles. The Labute approximate surface area is 190 Å². The number of fused-ring (bicyclic) bond motifs is 2. The molecule has 164 valence electrons. The Bertz CT molecular complexity index is 1400. The van der Waals surface area contributed by atoms with Crippen molar-refractivity contribution in [2.45, 2.75) is 9.79 Å². The number of hydroxylamine groups is 1. The number of carbonyl (C=O) groups excluding carboxylic acids is 2. The Morgan fingerprint density at radius 3 is 2.69 bits per heavy atom. The van der Waals surface area contributed by atoms with Crippen LogP contribution >= 0.6 is 23.4 Å². The molecule has 32 heavy (non-hydrogen) atoms. The lowest BCUT2D eigenvalue weighted by Crippen LogP contribution is -2.45. The van der Waals surface area contributed by atoms with Crippen LogP contribution in [-0.4, -0.2) is 35.7 Å². The quantitative estimate of drug-likeness (QED) is 0.269. The van der Waals surface area contributed by atoms with E-state index < -0.39 is 22.0 Å². The monoisotopic (exact) mass is 492 g/mol. The van der Waals surface area contributed by atoms with Crippen molar-refractivity contribution in [1.82, 2.24) is 21.3 Å². The predicted octanol–water partition coefficient (Wildman–Crippen LogP) is 2.48. The smallest absolute Gasteiger partial charge is 0.321 e. The molecule has 0 bridgehead atoms. The molecule has 0 radical (unpaired) electrons. The zero-order valence-corrected chi connectivity index (χ0v) is 18.2. The van der Waals surface area contributed by atoms with Gasteiger partial charge in [-0.25, -0.2) is 15.7 Å². The van der Waals surface area contributed by atoms with Gasteiger partial charge in [-0.1, -0.05) is 29.8 Å². The number of nitrogens with zero attached hydrogens (tertiary/aromatic N) is 2. The van der Waals surface area contributed by atoms with Gasteiger partial charge in [0.1, 0.15) is 4.90 Å². The highest BCUT2D eigenvalue weighted by atomic mass is 35.5. The van der Waals surface area contributed by atoms with E-state index in [9.17, 15) is 18.0 Å². The fourth-order valence-electron chi connectivity index (χ4n) is 2.80. The number of urea groups is 1. The Morgan fingerprint density at radius 1 is 1.12 bits per heavy atom. The number of amidine groups is 1. The maximum absolute atomic E-state index is 12.8. The minimum atomic E-state index is -4.20. The number of hydrogen-bond acceptors (Lipinski definition) is 8. The van der Waals surface area contributed by atoms with Gasteiger partial charge in [-0.2, -0.15) is 8.42 Å². The third-order valence-electron chi connectivity index (χ3n) is 4.20. The van der Waals surface area contributed by atoms with Gasteiger partial charge in [0.25, 0.3) is 15.9 Å². The molecule has 0 atom stereocenters. The van der Waals surface area contributed by atoms with Crippen LogP contribution in [0.1, 0.15) is 10.4 Å². The number of sulfonamides is 1. The van der Waals surface area contributed by atoms with Crippen molar-refractivity contribution < 1.29 is 23.2 Å². The molecule has 4 rings (SSSR count). The van der Waals surface area contributed by atoms with Crippen molar-refractivity contribution in [1.29, 1.82) is 0 Å². The van der Waals surface area contributed by atoms with Gasteiger partial charge in [0.05, 0.1) is 28.0 Å². The number of aromatic nitrogens is 1. The summed E-state index contributed by atoms with van der Waals surface area (Å²) in [7, 11) is -4.20. The Hall–Kier alpha value is -3.39. The summed E-state index contributed by atoms with van der Waals surface area (Å²) in [4.78, 5) is 28.1. The van der Waals surface area contributed by atoms with Crippen LogP contribution in [0.25, 0.3) is 10.9 Å². The molecule has 3 aromatic rings. The third kappa shape index (κ3) is 4.45. The number of hydrazine groups is 1. The summed E-state index contributed by atoms with van der Waals surface area (Å²) >= 11 is 7.11. The summed E-state index contributed by atoms with van der Waals surface area (Å²) in [6.07, 6.45) is 1.48. The van der Waals surface area contributed by atoms with Crippen LogP contribution in [0.5, 0.6) is 0 Å². The fourth-order valence-corrected chi connectivity index (χ4v) is 5.58. The molecular formula is C18H13ClN6O5S2. The second-order valence-corrected chi connectivity index (χ2v) is 9.32. The van der Waals surface area contributed by atoms with Gasteiger partial charge in [-0.15, -0.1) is 4.40 Å². The highest BCUT2D eigenvalue weighted by Crippen LogP contribution is 2.37. The van der Waals surface area contributed by atoms with Crippen LogP contribution in [0, 0.1) is 0 Å². The Kier molecular flexibility index (Phi) is 5.88. The molecular weight excluding hydrogens is 480 g/mol. The van der Waals surface area contributed by atoms with E-state index in [4.69, 9.17) is 16.8 Å². The number of amides is 3. The van der Waals surface area contributed by atoms with Crippen LogP contribution in [0.15, 0.2) is 62.9 Å². The number of para-hydroxylation sites is 1. The molecule has 11 nitrogen and oxygen atoms in total. The van der Waals surface area contributed by atoms with Gasteiger partial charge in [0.2, 0.25) is 0 Å². The Balaban J connectivity index is 1.60. The number of hydrogen-bond donors (Lipinski definition) is 5. The van der Waals surface area contributed by atoms with Crippen LogP contribution in [0.3, 0.4) is 0 Å². The average molecular weight is 493 g/mol. The van der Waals surface area contributed by atoms with E-state index in [1.54, 1.807) is 6.07 Å². The van der Waals surface area contributed by atoms with Crippen LogP contribution in [-0.2, 0) is 10.0 Å². The molecule has 1 aliphatic rings. The summed E-state index contributed by atoms with van der Waals surface area (Å²) in [5.41, 5.74) is 6.66. The number of nitrogens with one attached hydrogen (secondary N) is 4. The predicted molar refractivity (Wildman–Crippen MR) is 118 cm³/mol. The van der Waals surface area contributed by atoms with E-state index in [-0.39, 0.29) is 25.5 Å². The van der Waals surface area contributed by atoms with Crippen LogP contribution in [0.4, 0.5) is 10.5 Å². The SMILES string of the molecule is O=C(NO)NNC1=NS(=O)(=O)c2cc(C(=O)Nc3cnc4ccccc4c3)c(Cl)cc2S1. The summed E-state index contributed by atoms with van der Waals surface area (Å²) in [5.74, 6) is -0.621. The molecule has 1 aliphatic heterocycles. The number of rotatable bonds is 2.